The molecule has 110 valence electrons. The Morgan fingerprint density at radius 2 is 2.14 bits per heavy atom. The number of hydrogen-bond donors (Lipinski definition) is 1. The van der Waals surface area contributed by atoms with Gasteiger partial charge in [0.05, 0.1) is 4.92 Å². The van der Waals surface area contributed by atoms with Gasteiger partial charge < -0.3 is 10.1 Å². The van der Waals surface area contributed by atoms with Crippen molar-refractivity contribution < 1.29 is 9.66 Å². The maximum absolute atomic E-state index is 11.0. The summed E-state index contributed by atoms with van der Waals surface area (Å²) in [5, 5.41) is 14.3. The van der Waals surface area contributed by atoms with Crippen molar-refractivity contribution in [2.75, 3.05) is 11.9 Å². The molecule has 0 bridgehead atoms. The van der Waals surface area contributed by atoms with Crippen LogP contribution in [-0.4, -0.2) is 21.4 Å². The fourth-order valence-corrected chi connectivity index (χ4v) is 1.82. The van der Waals surface area contributed by atoms with E-state index in [4.69, 9.17) is 16.3 Å². The van der Waals surface area contributed by atoms with Gasteiger partial charge >= 0.3 is 5.69 Å². The number of nitrogens with zero attached hydrogens (tertiary/aromatic N) is 3. The molecule has 0 aliphatic rings. The van der Waals surface area contributed by atoms with Gasteiger partial charge in [-0.25, -0.2) is 4.98 Å². The van der Waals surface area contributed by atoms with E-state index in [9.17, 15) is 10.1 Å². The average Bonchev–Trinajstić information content (AvgIpc) is 2.38. The zero-order valence-corrected chi connectivity index (χ0v) is 12.2. The fraction of sp³-hybridized carbons (Fsp3) is 0.231. The molecule has 0 atom stereocenters. The number of nitrogens with one attached hydrogen (secondary N) is 1. The van der Waals surface area contributed by atoms with Gasteiger partial charge in [0.1, 0.15) is 0 Å². The van der Waals surface area contributed by atoms with Gasteiger partial charge in [0.25, 0.3) is 0 Å². The molecule has 1 N–H and O–H groups in total. The monoisotopic (exact) mass is 308 g/mol. The molecule has 0 aliphatic carbocycles. The second kappa shape index (κ2) is 6.36. The molecule has 8 heteroatoms. The third-order valence-electron chi connectivity index (χ3n) is 2.50. The summed E-state index contributed by atoms with van der Waals surface area (Å²) in [4.78, 5) is 18.8. The van der Waals surface area contributed by atoms with E-state index >= 15 is 0 Å². The number of rotatable bonds is 5. The number of ether oxygens (including phenoxy) is 1. The fourth-order valence-electron chi connectivity index (χ4n) is 1.66. The normalized spacial score (nSPS) is 10.2. The van der Waals surface area contributed by atoms with Crippen molar-refractivity contribution in [1.29, 1.82) is 0 Å². The summed E-state index contributed by atoms with van der Waals surface area (Å²) in [6.07, 6.45) is 0. The van der Waals surface area contributed by atoms with Gasteiger partial charge in [-0.1, -0.05) is 11.6 Å². The first kappa shape index (κ1) is 15.0. The number of aryl methyl sites for hydroxylation is 1. The molecule has 21 heavy (non-hydrogen) atoms. The summed E-state index contributed by atoms with van der Waals surface area (Å²) in [6.45, 7) is 4.34. The van der Waals surface area contributed by atoms with Gasteiger partial charge in [-0.15, -0.1) is 0 Å². The first-order chi connectivity index (χ1) is 9.99. The van der Waals surface area contributed by atoms with Crippen LogP contribution < -0.4 is 10.1 Å². The Labute approximate surface area is 126 Å². The van der Waals surface area contributed by atoms with Crippen molar-refractivity contribution in [3.05, 3.63) is 45.1 Å². The third kappa shape index (κ3) is 3.79. The van der Waals surface area contributed by atoms with E-state index in [-0.39, 0.29) is 17.3 Å². The van der Waals surface area contributed by atoms with E-state index in [0.717, 1.165) is 0 Å². The number of benzene rings is 1. The van der Waals surface area contributed by atoms with Crippen molar-refractivity contribution in [2.45, 2.75) is 13.8 Å². The smallest absolute Gasteiger partial charge is 0.311 e. The Hall–Kier alpha value is -2.41. The second-order valence-corrected chi connectivity index (χ2v) is 4.61. The molecule has 0 aliphatic heterocycles. The summed E-state index contributed by atoms with van der Waals surface area (Å²) in [6, 6.07) is 5.69. The van der Waals surface area contributed by atoms with E-state index in [0.29, 0.717) is 23.2 Å². The molecule has 7 nitrogen and oxygen atoms in total. The summed E-state index contributed by atoms with van der Waals surface area (Å²) in [5.74, 6) is 0.647. The molecule has 0 radical (unpaired) electrons. The Bertz CT molecular complexity index is 678. The van der Waals surface area contributed by atoms with Crippen molar-refractivity contribution in [1.82, 2.24) is 9.97 Å². The number of anilines is 1. The minimum absolute atomic E-state index is 0.0352. The van der Waals surface area contributed by atoms with Gasteiger partial charge in [-0.3, -0.25) is 10.1 Å². The minimum Gasteiger partial charge on any atom is -0.432 e. The van der Waals surface area contributed by atoms with Crippen LogP contribution in [0.1, 0.15) is 12.6 Å². The van der Waals surface area contributed by atoms with Crippen LogP contribution in [0.4, 0.5) is 11.6 Å². The zero-order chi connectivity index (χ0) is 15.4. The van der Waals surface area contributed by atoms with E-state index in [1.54, 1.807) is 13.0 Å². The van der Waals surface area contributed by atoms with Crippen LogP contribution in [0.5, 0.6) is 11.6 Å². The maximum atomic E-state index is 11.0. The summed E-state index contributed by atoms with van der Waals surface area (Å²) in [5.41, 5.74) is 0.501. The van der Waals surface area contributed by atoms with Crippen LogP contribution in [0.2, 0.25) is 5.02 Å². The average molecular weight is 309 g/mol. The lowest BCUT2D eigenvalue weighted by Crippen LogP contribution is -2.04. The molecule has 2 aromatic rings. The van der Waals surface area contributed by atoms with Crippen molar-refractivity contribution >= 4 is 23.2 Å². The van der Waals surface area contributed by atoms with Crippen molar-refractivity contribution in [3.63, 3.8) is 0 Å². The van der Waals surface area contributed by atoms with Crippen LogP contribution in [0.3, 0.4) is 0 Å². The molecule has 1 heterocycles. The van der Waals surface area contributed by atoms with Gasteiger partial charge in [0.2, 0.25) is 17.6 Å². The van der Waals surface area contributed by atoms with Gasteiger partial charge in [-0.05, 0) is 19.9 Å². The molecule has 0 saturated carbocycles. The molecule has 1 aromatic carbocycles. The van der Waals surface area contributed by atoms with E-state index in [1.807, 2.05) is 6.92 Å². The van der Waals surface area contributed by atoms with Gasteiger partial charge in [0, 0.05) is 35.5 Å². The highest BCUT2D eigenvalue weighted by Gasteiger charge is 2.17. The first-order valence-corrected chi connectivity index (χ1v) is 6.58. The number of halogens is 1. The number of hydrogen-bond acceptors (Lipinski definition) is 6. The zero-order valence-electron chi connectivity index (χ0n) is 11.5. The first-order valence-electron chi connectivity index (χ1n) is 6.21. The highest BCUT2D eigenvalue weighted by molar-refractivity contribution is 6.30. The Kier molecular flexibility index (Phi) is 4.54. The molecule has 2 rings (SSSR count). The van der Waals surface area contributed by atoms with Gasteiger partial charge in [-0.2, -0.15) is 4.98 Å². The standard InChI is InChI=1S/C13H13ClN4O3/c1-3-15-13-16-8(2)6-12(17-13)21-11-7-9(14)4-5-10(11)18(19)20/h4-7H,3H2,1-2H3,(H,15,16,17). The van der Waals surface area contributed by atoms with Crippen LogP contribution in [-0.2, 0) is 0 Å². The van der Waals surface area contributed by atoms with Crippen LogP contribution >= 0.6 is 11.6 Å². The molecule has 0 spiro atoms. The lowest BCUT2D eigenvalue weighted by molar-refractivity contribution is -0.385. The van der Waals surface area contributed by atoms with Crippen molar-refractivity contribution in [2.24, 2.45) is 0 Å². The Morgan fingerprint density at radius 3 is 2.81 bits per heavy atom. The lowest BCUT2D eigenvalue weighted by Gasteiger charge is -2.08. The summed E-state index contributed by atoms with van der Waals surface area (Å²) >= 11 is 5.85. The lowest BCUT2D eigenvalue weighted by atomic mass is 10.3. The Balaban J connectivity index is 2.37. The highest BCUT2D eigenvalue weighted by atomic mass is 35.5. The predicted octanol–water partition coefficient (Wildman–Crippen LogP) is 3.57. The number of nitro groups is 1. The molecular formula is C13H13ClN4O3. The largest absolute Gasteiger partial charge is 0.432 e. The minimum atomic E-state index is -0.537. The molecule has 1 aromatic heterocycles. The second-order valence-electron chi connectivity index (χ2n) is 4.17. The molecule has 0 saturated heterocycles. The van der Waals surface area contributed by atoms with Crippen molar-refractivity contribution in [3.8, 4) is 11.6 Å². The van der Waals surface area contributed by atoms with E-state index in [1.165, 1.54) is 18.2 Å². The van der Waals surface area contributed by atoms with E-state index in [2.05, 4.69) is 15.3 Å². The van der Waals surface area contributed by atoms with Crippen LogP contribution in [0.15, 0.2) is 24.3 Å². The summed E-state index contributed by atoms with van der Waals surface area (Å²) < 4.78 is 5.50. The number of nitro benzene ring substituents is 1. The third-order valence-corrected chi connectivity index (χ3v) is 2.73. The topological polar surface area (TPSA) is 90.2 Å². The number of aromatic nitrogens is 2. The molecule has 0 unspecified atom stereocenters. The van der Waals surface area contributed by atoms with E-state index < -0.39 is 4.92 Å². The van der Waals surface area contributed by atoms with Gasteiger partial charge in [0.15, 0.2) is 0 Å². The molecule has 0 fully saturated rings. The predicted molar refractivity (Wildman–Crippen MR) is 79.1 cm³/mol. The van der Waals surface area contributed by atoms with Crippen LogP contribution in [0.25, 0.3) is 0 Å². The highest BCUT2D eigenvalue weighted by Crippen LogP contribution is 2.33. The molecule has 0 amide bonds. The summed E-state index contributed by atoms with van der Waals surface area (Å²) in [7, 11) is 0. The maximum Gasteiger partial charge on any atom is 0.311 e. The SMILES string of the molecule is CCNc1nc(C)cc(Oc2cc(Cl)ccc2[N+](=O)[O-])n1. The molecular weight excluding hydrogens is 296 g/mol. The van der Waals surface area contributed by atoms with Crippen LogP contribution in [0, 0.1) is 17.0 Å². The quantitative estimate of drug-likeness (QED) is 0.670. The Morgan fingerprint density at radius 1 is 1.38 bits per heavy atom.